The zero-order valence-corrected chi connectivity index (χ0v) is 9.98. The average molecular weight is 235 g/mol. The molecule has 0 saturated carbocycles. The SMILES string of the molecule is CC(=O)N/N=C\c1ccc(N2CCCCC2)o1. The first kappa shape index (κ1) is 11.7. The van der Waals surface area contributed by atoms with Gasteiger partial charge in [-0.3, -0.25) is 4.79 Å². The van der Waals surface area contributed by atoms with E-state index in [1.54, 1.807) is 0 Å². The Hall–Kier alpha value is -1.78. The third kappa shape index (κ3) is 3.34. The minimum Gasteiger partial charge on any atom is -0.440 e. The maximum atomic E-state index is 10.6. The Morgan fingerprint density at radius 3 is 2.88 bits per heavy atom. The number of nitrogens with zero attached hydrogens (tertiary/aromatic N) is 2. The summed E-state index contributed by atoms with van der Waals surface area (Å²) in [5.74, 6) is 1.34. The summed E-state index contributed by atoms with van der Waals surface area (Å²) in [4.78, 5) is 12.9. The second-order valence-corrected chi connectivity index (χ2v) is 4.15. The van der Waals surface area contributed by atoms with Gasteiger partial charge in [0.1, 0.15) is 5.76 Å². The molecule has 1 aliphatic rings. The molecule has 5 nitrogen and oxygen atoms in total. The number of nitrogens with one attached hydrogen (secondary N) is 1. The molecular formula is C12H17N3O2. The van der Waals surface area contributed by atoms with Crippen LogP contribution in [0.15, 0.2) is 21.7 Å². The second-order valence-electron chi connectivity index (χ2n) is 4.15. The first-order valence-electron chi connectivity index (χ1n) is 5.90. The van der Waals surface area contributed by atoms with Crippen LogP contribution in [0, 0.1) is 0 Å². The Morgan fingerprint density at radius 1 is 1.41 bits per heavy atom. The van der Waals surface area contributed by atoms with Gasteiger partial charge in [0.15, 0.2) is 5.88 Å². The molecule has 0 spiro atoms. The first-order valence-corrected chi connectivity index (χ1v) is 5.90. The van der Waals surface area contributed by atoms with Gasteiger partial charge in [0.05, 0.1) is 6.21 Å². The monoisotopic (exact) mass is 235 g/mol. The molecular weight excluding hydrogens is 218 g/mol. The lowest BCUT2D eigenvalue weighted by Crippen LogP contribution is -2.28. The van der Waals surface area contributed by atoms with Gasteiger partial charge >= 0.3 is 0 Å². The molecule has 2 heterocycles. The molecule has 1 amide bonds. The third-order valence-electron chi connectivity index (χ3n) is 2.69. The van der Waals surface area contributed by atoms with Gasteiger partial charge in [-0.1, -0.05) is 0 Å². The Bertz CT molecular complexity index is 406. The van der Waals surface area contributed by atoms with Gasteiger partial charge in [-0.2, -0.15) is 5.10 Å². The van der Waals surface area contributed by atoms with Crippen LogP contribution in [-0.4, -0.2) is 25.2 Å². The van der Waals surface area contributed by atoms with Gasteiger partial charge in [0.2, 0.25) is 5.91 Å². The lowest BCUT2D eigenvalue weighted by Gasteiger charge is -2.25. The number of carbonyl (C=O) groups excluding carboxylic acids is 1. The lowest BCUT2D eigenvalue weighted by molar-refractivity contribution is -0.118. The van der Waals surface area contributed by atoms with Gasteiger partial charge in [0.25, 0.3) is 0 Å². The normalized spacial score (nSPS) is 16.4. The van der Waals surface area contributed by atoms with Crippen molar-refractivity contribution < 1.29 is 9.21 Å². The van der Waals surface area contributed by atoms with E-state index in [0.29, 0.717) is 5.76 Å². The molecule has 1 aliphatic heterocycles. The van der Waals surface area contributed by atoms with Crippen LogP contribution in [0.5, 0.6) is 0 Å². The highest BCUT2D eigenvalue weighted by Gasteiger charge is 2.13. The maximum Gasteiger partial charge on any atom is 0.236 e. The highest BCUT2D eigenvalue weighted by Crippen LogP contribution is 2.21. The summed E-state index contributed by atoms with van der Waals surface area (Å²) in [6, 6.07) is 3.80. The molecule has 0 radical (unpaired) electrons. The van der Waals surface area contributed by atoms with Crippen molar-refractivity contribution in [2.24, 2.45) is 5.10 Å². The number of anilines is 1. The standard InChI is InChI=1S/C12H17N3O2/c1-10(16)14-13-9-11-5-6-12(17-11)15-7-3-2-4-8-15/h5-6,9H,2-4,7-8H2,1H3,(H,14,16)/b13-9-. The molecule has 1 aromatic rings. The number of hydrogen-bond donors (Lipinski definition) is 1. The van der Waals surface area contributed by atoms with Crippen LogP contribution in [0.4, 0.5) is 5.88 Å². The average Bonchev–Trinajstić information content (AvgIpc) is 2.78. The molecule has 0 unspecified atom stereocenters. The summed E-state index contributed by atoms with van der Waals surface area (Å²) < 4.78 is 5.63. The number of carbonyl (C=O) groups is 1. The van der Waals surface area contributed by atoms with E-state index < -0.39 is 0 Å². The fraction of sp³-hybridized carbons (Fsp3) is 0.500. The van der Waals surface area contributed by atoms with E-state index in [1.807, 2.05) is 12.1 Å². The van der Waals surface area contributed by atoms with Gasteiger partial charge in [-0.25, -0.2) is 5.43 Å². The van der Waals surface area contributed by atoms with E-state index in [2.05, 4.69) is 15.4 Å². The summed E-state index contributed by atoms with van der Waals surface area (Å²) >= 11 is 0. The molecule has 0 aliphatic carbocycles. The predicted molar refractivity (Wildman–Crippen MR) is 66.2 cm³/mol. The fourth-order valence-electron chi connectivity index (χ4n) is 1.88. The summed E-state index contributed by atoms with van der Waals surface area (Å²) in [5.41, 5.74) is 2.34. The molecule has 0 atom stereocenters. The molecule has 2 rings (SSSR count). The van der Waals surface area contributed by atoms with Crippen molar-refractivity contribution in [1.82, 2.24) is 5.43 Å². The molecule has 1 aromatic heterocycles. The molecule has 92 valence electrons. The summed E-state index contributed by atoms with van der Waals surface area (Å²) in [7, 11) is 0. The highest BCUT2D eigenvalue weighted by molar-refractivity contribution is 5.79. The van der Waals surface area contributed by atoms with Crippen molar-refractivity contribution >= 4 is 18.0 Å². The van der Waals surface area contributed by atoms with Crippen molar-refractivity contribution in [3.63, 3.8) is 0 Å². The van der Waals surface area contributed by atoms with Crippen molar-refractivity contribution in [2.75, 3.05) is 18.0 Å². The number of rotatable bonds is 3. The van der Waals surface area contributed by atoms with Crippen LogP contribution in [-0.2, 0) is 4.79 Å². The largest absolute Gasteiger partial charge is 0.440 e. The minimum atomic E-state index is -0.191. The van der Waals surface area contributed by atoms with Crippen LogP contribution >= 0.6 is 0 Å². The van der Waals surface area contributed by atoms with E-state index >= 15 is 0 Å². The summed E-state index contributed by atoms with van der Waals surface area (Å²) in [6.07, 6.45) is 5.24. The minimum absolute atomic E-state index is 0.191. The number of piperidine rings is 1. The third-order valence-corrected chi connectivity index (χ3v) is 2.69. The number of amides is 1. The fourth-order valence-corrected chi connectivity index (χ4v) is 1.88. The van der Waals surface area contributed by atoms with Crippen LogP contribution in [0.25, 0.3) is 0 Å². The lowest BCUT2D eigenvalue weighted by atomic mass is 10.1. The Labute approximate surface area is 100 Å². The van der Waals surface area contributed by atoms with Gasteiger partial charge < -0.3 is 9.32 Å². The van der Waals surface area contributed by atoms with Gasteiger partial charge in [0, 0.05) is 26.1 Å². The Morgan fingerprint density at radius 2 is 2.18 bits per heavy atom. The molecule has 1 saturated heterocycles. The molecule has 17 heavy (non-hydrogen) atoms. The first-order chi connectivity index (χ1) is 8.25. The zero-order valence-electron chi connectivity index (χ0n) is 9.98. The number of hydrogen-bond acceptors (Lipinski definition) is 4. The molecule has 5 heteroatoms. The van der Waals surface area contributed by atoms with Gasteiger partial charge in [-0.15, -0.1) is 0 Å². The zero-order chi connectivity index (χ0) is 12.1. The topological polar surface area (TPSA) is 57.8 Å². The van der Waals surface area contributed by atoms with E-state index in [-0.39, 0.29) is 5.91 Å². The van der Waals surface area contributed by atoms with Crippen molar-refractivity contribution in [3.05, 3.63) is 17.9 Å². The maximum absolute atomic E-state index is 10.6. The smallest absolute Gasteiger partial charge is 0.236 e. The molecule has 0 bridgehead atoms. The van der Waals surface area contributed by atoms with Gasteiger partial charge in [-0.05, 0) is 25.3 Å². The van der Waals surface area contributed by atoms with E-state index in [4.69, 9.17) is 4.42 Å². The highest BCUT2D eigenvalue weighted by atomic mass is 16.4. The molecule has 1 N–H and O–H groups in total. The van der Waals surface area contributed by atoms with Crippen LogP contribution in [0.2, 0.25) is 0 Å². The van der Waals surface area contributed by atoms with E-state index in [0.717, 1.165) is 19.0 Å². The van der Waals surface area contributed by atoms with E-state index in [1.165, 1.54) is 32.4 Å². The van der Waals surface area contributed by atoms with Crippen molar-refractivity contribution in [2.45, 2.75) is 26.2 Å². The quantitative estimate of drug-likeness (QED) is 0.641. The summed E-state index contributed by atoms with van der Waals surface area (Å²) in [5, 5.41) is 3.76. The van der Waals surface area contributed by atoms with Crippen molar-refractivity contribution in [3.8, 4) is 0 Å². The van der Waals surface area contributed by atoms with Crippen LogP contribution < -0.4 is 10.3 Å². The van der Waals surface area contributed by atoms with Crippen molar-refractivity contribution in [1.29, 1.82) is 0 Å². The predicted octanol–water partition coefficient (Wildman–Crippen LogP) is 1.74. The number of furan rings is 1. The van der Waals surface area contributed by atoms with E-state index in [9.17, 15) is 4.79 Å². The Kier molecular flexibility index (Phi) is 3.80. The molecule has 0 aromatic carbocycles. The summed E-state index contributed by atoms with van der Waals surface area (Å²) in [6.45, 7) is 3.52. The Balaban J connectivity index is 1.95. The second kappa shape index (κ2) is 5.52. The van der Waals surface area contributed by atoms with Crippen LogP contribution in [0.1, 0.15) is 31.9 Å². The number of hydrazone groups is 1. The van der Waals surface area contributed by atoms with Crippen LogP contribution in [0.3, 0.4) is 0 Å². The molecule has 1 fully saturated rings.